The van der Waals surface area contributed by atoms with Crippen molar-refractivity contribution in [2.45, 2.75) is 13.5 Å². The summed E-state index contributed by atoms with van der Waals surface area (Å²) in [6.07, 6.45) is 1.21. The van der Waals surface area contributed by atoms with Crippen LogP contribution >= 0.6 is 0 Å². The number of nitrogen functional groups attached to an aromatic ring is 1. The lowest BCUT2D eigenvalue weighted by atomic mass is 10.1. The van der Waals surface area contributed by atoms with Gasteiger partial charge >= 0.3 is 5.69 Å². The van der Waals surface area contributed by atoms with Crippen LogP contribution in [0.15, 0.2) is 30.6 Å². The van der Waals surface area contributed by atoms with Gasteiger partial charge in [0.15, 0.2) is 0 Å². The normalized spacial score (nSPS) is 10.1. The fourth-order valence-corrected chi connectivity index (χ4v) is 1.77. The van der Waals surface area contributed by atoms with Crippen LogP contribution in [0.25, 0.3) is 0 Å². The third-order valence-corrected chi connectivity index (χ3v) is 2.85. The van der Waals surface area contributed by atoms with Gasteiger partial charge in [-0.1, -0.05) is 24.3 Å². The molecule has 0 unspecified atom stereocenters. The smallest absolute Gasteiger partial charge is 0.354 e. The lowest BCUT2D eigenvalue weighted by Gasteiger charge is -2.09. The molecule has 0 fully saturated rings. The van der Waals surface area contributed by atoms with Crippen LogP contribution in [0.5, 0.6) is 0 Å². The van der Waals surface area contributed by atoms with Crippen molar-refractivity contribution in [2.24, 2.45) is 5.84 Å². The number of nitrogens with two attached hydrogens (primary N) is 1. The van der Waals surface area contributed by atoms with Crippen LogP contribution in [-0.4, -0.2) is 14.9 Å². The standard InChI is InChI=1S/C12H14N6O2/c1-8-4-2-3-5-9(8)6-14-11-10(18(19)20)12(17-13)16-7-15-11/h2-5,7H,6,13H2,1H3,(H2,14,15,16,17). The van der Waals surface area contributed by atoms with Gasteiger partial charge in [0.1, 0.15) is 6.33 Å². The van der Waals surface area contributed by atoms with Crippen molar-refractivity contribution in [2.75, 3.05) is 10.7 Å². The highest BCUT2D eigenvalue weighted by Gasteiger charge is 2.22. The number of nitrogens with zero attached hydrogens (tertiary/aromatic N) is 3. The fourth-order valence-electron chi connectivity index (χ4n) is 1.77. The van der Waals surface area contributed by atoms with Crippen molar-refractivity contribution in [3.05, 3.63) is 51.8 Å². The number of nitro groups is 1. The minimum Gasteiger partial charge on any atom is -0.360 e. The maximum atomic E-state index is 11.1. The Labute approximate surface area is 115 Å². The molecule has 0 bridgehead atoms. The van der Waals surface area contributed by atoms with Gasteiger partial charge in [-0.3, -0.25) is 10.1 Å². The Morgan fingerprint density at radius 2 is 2.00 bits per heavy atom. The molecule has 104 valence electrons. The zero-order chi connectivity index (χ0) is 14.5. The van der Waals surface area contributed by atoms with E-state index in [-0.39, 0.29) is 17.3 Å². The Balaban J connectivity index is 2.26. The number of aryl methyl sites for hydroxylation is 1. The van der Waals surface area contributed by atoms with Gasteiger partial charge in [0, 0.05) is 6.54 Å². The first kappa shape index (κ1) is 13.7. The van der Waals surface area contributed by atoms with E-state index in [0.29, 0.717) is 6.54 Å². The van der Waals surface area contributed by atoms with E-state index in [4.69, 9.17) is 5.84 Å². The van der Waals surface area contributed by atoms with Gasteiger partial charge in [-0.15, -0.1) is 0 Å². The molecule has 2 rings (SSSR count). The Bertz CT molecular complexity index is 631. The lowest BCUT2D eigenvalue weighted by molar-refractivity contribution is -0.383. The summed E-state index contributed by atoms with van der Waals surface area (Å²) in [6, 6.07) is 7.75. The third-order valence-electron chi connectivity index (χ3n) is 2.85. The average molecular weight is 274 g/mol. The molecular weight excluding hydrogens is 260 g/mol. The topological polar surface area (TPSA) is 119 Å². The largest absolute Gasteiger partial charge is 0.360 e. The maximum Gasteiger partial charge on any atom is 0.354 e. The van der Waals surface area contributed by atoms with Crippen LogP contribution in [-0.2, 0) is 6.54 Å². The molecule has 0 aliphatic heterocycles. The molecule has 0 amide bonds. The van der Waals surface area contributed by atoms with Crippen molar-refractivity contribution in [1.29, 1.82) is 0 Å². The van der Waals surface area contributed by atoms with Gasteiger partial charge in [-0.2, -0.15) is 0 Å². The summed E-state index contributed by atoms with van der Waals surface area (Å²) in [6.45, 7) is 2.40. The highest BCUT2D eigenvalue weighted by atomic mass is 16.6. The molecule has 1 aromatic heterocycles. The number of hydrogen-bond donors (Lipinski definition) is 3. The van der Waals surface area contributed by atoms with E-state index in [1.807, 2.05) is 31.2 Å². The fraction of sp³-hybridized carbons (Fsp3) is 0.167. The van der Waals surface area contributed by atoms with E-state index < -0.39 is 4.92 Å². The van der Waals surface area contributed by atoms with Crippen molar-refractivity contribution in [3.63, 3.8) is 0 Å². The zero-order valence-electron chi connectivity index (χ0n) is 10.8. The van der Waals surface area contributed by atoms with Crippen molar-refractivity contribution >= 4 is 17.3 Å². The van der Waals surface area contributed by atoms with E-state index in [2.05, 4.69) is 20.7 Å². The van der Waals surface area contributed by atoms with Crippen molar-refractivity contribution in [1.82, 2.24) is 9.97 Å². The minimum absolute atomic E-state index is 0.0303. The predicted molar refractivity (Wildman–Crippen MR) is 75.0 cm³/mol. The predicted octanol–water partition coefficient (Wildman–Crippen LogP) is 1.59. The molecule has 0 aliphatic carbocycles. The SMILES string of the molecule is Cc1ccccc1CNc1ncnc(NN)c1[N+](=O)[O-]. The number of hydrogen-bond acceptors (Lipinski definition) is 7. The van der Waals surface area contributed by atoms with Crippen LogP contribution in [0.2, 0.25) is 0 Å². The summed E-state index contributed by atoms with van der Waals surface area (Å²) < 4.78 is 0. The first-order valence-electron chi connectivity index (χ1n) is 5.88. The summed E-state index contributed by atoms with van der Waals surface area (Å²) in [5.41, 5.74) is 4.04. The molecule has 0 spiro atoms. The molecule has 2 aromatic rings. The first-order valence-corrected chi connectivity index (χ1v) is 5.88. The van der Waals surface area contributed by atoms with E-state index >= 15 is 0 Å². The number of aromatic nitrogens is 2. The zero-order valence-corrected chi connectivity index (χ0v) is 10.8. The number of hydrazine groups is 1. The molecule has 8 nitrogen and oxygen atoms in total. The number of anilines is 2. The molecule has 0 atom stereocenters. The van der Waals surface area contributed by atoms with Crippen LogP contribution in [0, 0.1) is 17.0 Å². The third kappa shape index (κ3) is 2.81. The van der Waals surface area contributed by atoms with E-state index in [1.54, 1.807) is 0 Å². The van der Waals surface area contributed by atoms with Crippen LogP contribution in [0.3, 0.4) is 0 Å². The van der Waals surface area contributed by atoms with Crippen molar-refractivity contribution in [3.8, 4) is 0 Å². The average Bonchev–Trinajstić information content (AvgIpc) is 2.45. The van der Waals surface area contributed by atoms with Gasteiger partial charge in [-0.25, -0.2) is 15.8 Å². The Morgan fingerprint density at radius 1 is 1.30 bits per heavy atom. The second-order valence-corrected chi connectivity index (χ2v) is 4.10. The summed E-state index contributed by atoms with van der Waals surface area (Å²) in [5.74, 6) is 5.31. The van der Waals surface area contributed by atoms with E-state index in [9.17, 15) is 10.1 Å². The molecule has 4 N–H and O–H groups in total. The number of rotatable bonds is 5. The Morgan fingerprint density at radius 3 is 2.65 bits per heavy atom. The summed E-state index contributed by atoms with van der Waals surface area (Å²) in [5, 5.41) is 14.0. The molecule has 1 heterocycles. The quantitative estimate of drug-likeness (QED) is 0.430. The maximum absolute atomic E-state index is 11.1. The number of nitrogens with one attached hydrogen (secondary N) is 2. The van der Waals surface area contributed by atoms with E-state index in [1.165, 1.54) is 6.33 Å². The van der Waals surface area contributed by atoms with Gasteiger partial charge in [0.25, 0.3) is 0 Å². The highest BCUT2D eigenvalue weighted by Crippen LogP contribution is 2.28. The van der Waals surface area contributed by atoms with Crippen LogP contribution < -0.4 is 16.6 Å². The highest BCUT2D eigenvalue weighted by molar-refractivity contribution is 5.68. The van der Waals surface area contributed by atoms with Gasteiger partial charge < -0.3 is 10.7 Å². The summed E-state index contributed by atoms with van der Waals surface area (Å²) in [4.78, 5) is 18.1. The Kier molecular flexibility index (Phi) is 4.06. The monoisotopic (exact) mass is 274 g/mol. The van der Waals surface area contributed by atoms with Gasteiger partial charge in [-0.05, 0) is 18.1 Å². The molecule has 0 saturated heterocycles. The molecule has 0 radical (unpaired) electrons. The van der Waals surface area contributed by atoms with Gasteiger partial charge in [0.05, 0.1) is 4.92 Å². The minimum atomic E-state index is -0.574. The number of benzene rings is 1. The molecule has 0 saturated carbocycles. The van der Waals surface area contributed by atoms with E-state index in [0.717, 1.165) is 11.1 Å². The first-order chi connectivity index (χ1) is 9.63. The molecular formula is C12H14N6O2. The van der Waals surface area contributed by atoms with Crippen molar-refractivity contribution < 1.29 is 4.92 Å². The second kappa shape index (κ2) is 5.93. The molecule has 1 aromatic carbocycles. The van der Waals surface area contributed by atoms with Gasteiger partial charge in [0.2, 0.25) is 11.6 Å². The summed E-state index contributed by atoms with van der Waals surface area (Å²) in [7, 11) is 0. The second-order valence-electron chi connectivity index (χ2n) is 4.10. The molecule has 8 heteroatoms. The van der Waals surface area contributed by atoms with Crippen LogP contribution in [0.4, 0.5) is 17.3 Å². The van der Waals surface area contributed by atoms with Crippen LogP contribution in [0.1, 0.15) is 11.1 Å². The summed E-state index contributed by atoms with van der Waals surface area (Å²) >= 11 is 0. The molecule has 20 heavy (non-hydrogen) atoms. The molecule has 0 aliphatic rings. The lowest BCUT2D eigenvalue weighted by Crippen LogP contribution is -2.13. The Hall–Kier alpha value is -2.74.